The molecular formula is C16H15NO4S. The van der Waals surface area contributed by atoms with Crippen LogP contribution >= 0.6 is 11.3 Å². The molecule has 3 heterocycles. The minimum Gasteiger partial charge on any atom is -0.469 e. The van der Waals surface area contributed by atoms with Crippen LogP contribution in [-0.4, -0.2) is 11.0 Å². The topological polar surface area (TPSA) is 65.5 Å². The van der Waals surface area contributed by atoms with Crippen LogP contribution in [0.1, 0.15) is 23.6 Å². The summed E-state index contributed by atoms with van der Waals surface area (Å²) in [5.41, 5.74) is 0.648. The molecule has 0 saturated carbocycles. The predicted molar refractivity (Wildman–Crippen MR) is 81.4 cm³/mol. The largest absolute Gasteiger partial charge is 0.469 e. The van der Waals surface area contributed by atoms with E-state index in [1.807, 2.05) is 30.5 Å². The van der Waals surface area contributed by atoms with Crippen molar-refractivity contribution in [1.29, 1.82) is 0 Å². The Morgan fingerprint density at radius 1 is 1.36 bits per heavy atom. The van der Waals surface area contributed by atoms with Crippen LogP contribution in [0.4, 0.5) is 0 Å². The molecule has 0 amide bonds. The molecule has 3 rings (SSSR count). The summed E-state index contributed by atoms with van der Waals surface area (Å²) >= 11 is 1.55. The third kappa shape index (κ3) is 3.46. The number of hydrogen-bond acceptors (Lipinski definition) is 6. The number of nitrogens with zero attached hydrogens (tertiary/aromatic N) is 1. The highest BCUT2D eigenvalue weighted by Gasteiger charge is 2.14. The molecule has 0 aliphatic rings. The molecule has 0 radical (unpaired) electrons. The van der Waals surface area contributed by atoms with Gasteiger partial charge in [0.1, 0.15) is 23.8 Å². The minimum atomic E-state index is -0.281. The van der Waals surface area contributed by atoms with Crippen molar-refractivity contribution >= 4 is 17.3 Å². The number of rotatable bonds is 6. The van der Waals surface area contributed by atoms with E-state index in [1.165, 1.54) is 0 Å². The Morgan fingerprint density at radius 2 is 2.27 bits per heavy atom. The molecule has 0 spiro atoms. The van der Waals surface area contributed by atoms with Crippen molar-refractivity contribution in [2.24, 2.45) is 0 Å². The molecule has 0 N–H and O–H groups in total. The van der Waals surface area contributed by atoms with Gasteiger partial charge in [0.25, 0.3) is 0 Å². The van der Waals surface area contributed by atoms with Crippen molar-refractivity contribution in [2.45, 2.75) is 26.4 Å². The van der Waals surface area contributed by atoms with Crippen LogP contribution in [-0.2, 0) is 22.6 Å². The fourth-order valence-electron chi connectivity index (χ4n) is 1.97. The Morgan fingerprint density at radius 3 is 3.00 bits per heavy atom. The molecule has 0 unspecified atom stereocenters. The number of carbonyl (C=O) groups is 1. The third-order valence-corrected chi connectivity index (χ3v) is 4.01. The standard InChI is InChI=1S/C16H15NO4S/c1-11-13(17-16(21-11)14-5-3-9-22-14)10-20-15(18)7-6-12-4-2-8-19-12/h2-5,8-9H,6-7,10H2,1H3. The zero-order chi connectivity index (χ0) is 15.4. The molecule has 0 bridgehead atoms. The van der Waals surface area contributed by atoms with Gasteiger partial charge in [0.05, 0.1) is 17.6 Å². The number of oxazole rings is 1. The molecule has 22 heavy (non-hydrogen) atoms. The monoisotopic (exact) mass is 317 g/mol. The van der Waals surface area contributed by atoms with Gasteiger partial charge in [0, 0.05) is 6.42 Å². The van der Waals surface area contributed by atoms with Gasteiger partial charge in [-0.2, -0.15) is 0 Å². The van der Waals surface area contributed by atoms with Gasteiger partial charge in [-0.1, -0.05) is 6.07 Å². The van der Waals surface area contributed by atoms with Crippen LogP contribution in [0.15, 0.2) is 44.7 Å². The van der Waals surface area contributed by atoms with E-state index in [1.54, 1.807) is 23.7 Å². The zero-order valence-corrected chi connectivity index (χ0v) is 12.9. The Balaban J connectivity index is 1.54. The first-order chi connectivity index (χ1) is 10.7. The second-order valence-corrected chi connectivity index (χ2v) is 5.69. The molecule has 114 valence electrons. The average molecular weight is 317 g/mol. The van der Waals surface area contributed by atoms with Crippen LogP contribution in [0.2, 0.25) is 0 Å². The van der Waals surface area contributed by atoms with E-state index in [0.717, 1.165) is 10.6 Å². The molecule has 0 aliphatic heterocycles. The normalized spacial score (nSPS) is 10.8. The fourth-order valence-corrected chi connectivity index (χ4v) is 2.62. The molecule has 5 nitrogen and oxygen atoms in total. The number of esters is 1. The van der Waals surface area contributed by atoms with Gasteiger partial charge in [0.2, 0.25) is 5.89 Å². The van der Waals surface area contributed by atoms with Crippen molar-refractivity contribution in [2.75, 3.05) is 0 Å². The van der Waals surface area contributed by atoms with Gasteiger partial charge in [-0.05, 0) is 30.5 Å². The fraction of sp³-hybridized carbons (Fsp3) is 0.250. The maximum absolute atomic E-state index is 11.7. The zero-order valence-electron chi connectivity index (χ0n) is 12.1. The molecule has 3 aromatic rings. The number of ether oxygens (including phenoxy) is 1. The van der Waals surface area contributed by atoms with Crippen LogP contribution in [0.5, 0.6) is 0 Å². The van der Waals surface area contributed by atoms with Gasteiger partial charge in [-0.3, -0.25) is 4.79 Å². The number of aryl methyl sites for hydroxylation is 2. The summed E-state index contributed by atoms with van der Waals surface area (Å²) in [7, 11) is 0. The van der Waals surface area contributed by atoms with Crippen LogP contribution in [0.25, 0.3) is 10.8 Å². The highest BCUT2D eigenvalue weighted by atomic mass is 32.1. The first-order valence-electron chi connectivity index (χ1n) is 6.90. The summed E-state index contributed by atoms with van der Waals surface area (Å²) in [4.78, 5) is 17.1. The van der Waals surface area contributed by atoms with Crippen LogP contribution < -0.4 is 0 Å². The van der Waals surface area contributed by atoms with Crippen molar-refractivity contribution in [3.05, 3.63) is 53.1 Å². The van der Waals surface area contributed by atoms with E-state index < -0.39 is 0 Å². The first kappa shape index (κ1) is 14.6. The van der Waals surface area contributed by atoms with Crippen molar-refractivity contribution < 1.29 is 18.4 Å². The molecule has 3 aromatic heterocycles. The van der Waals surface area contributed by atoms with Crippen LogP contribution in [0, 0.1) is 6.92 Å². The highest BCUT2D eigenvalue weighted by molar-refractivity contribution is 7.13. The Kier molecular flexibility index (Phi) is 4.39. The number of furan rings is 1. The first-order valence-corrected chi connectivity index (χ1v) is 7.78. The third-order valence-electron chi connectivity index (χ3n) is 3.15. The molecule has 0 aliphatic carbocycles. The lowest BCUT2D eigenvalue weighted by atomic mass is 10.2. The van der Waals surface area contributed by atoms with Gasteiger partial charge in [-0.15, -0.1) is 11.3 Å². The second kappa shape index (κ2) is 6.62. The van der Waals surface area contributed by atoms with E-state index in [-0.39, 0.29) is 19.0 Å². The molecule has 0 fully saturated rings. The lowest BCUT2D eigenvalue weighted by Crippen LogP contribution is -2.06. The van der Waals surface area contributed by atoms with E-state index >= 15 is 0 Å². The number of hydrogen-bond donors (Lipinski definition) is 0. The maximum atomic E-state index is 11.7. The van der Waals surface area contributed by atoms with Crippen molar-refractivity contribution in [3.63, 3.8) is 0 Å². The number of carbonyl (C=O) groups excluding carboxylic acids is 1. The number of aromatic nitrogens is 1. The van der Waals surface area contributed by atoms with E-state index in [4.69, 9.17) is 13.6 Å². The summed E-state index contributed by atoms with van der Waals surface area (Å²) in [6.45, 7) is 1.94. The second-order valence-electron chi connectivity index (χ2n) is 4.74. The van der Waals surface area contributed by atoms with E-state index in [2.05, 4.69) is 4.98 Å². The quantitative estimate of drug-likeness (QED) is 0.643. The molecular weight excluding hydrogens is 302 g/mol. The SMILES string of the molecule is Cc1oc(-c2cccs2)nc1COC(=O)CCc1ccco1. The van der Waals surface area contributed by atoms with Crippen LogP contribution in [0.3, 0.4) is 0 Å². The van der Waals surface area contributed by atoms with Gasteiger partial charge in [-0.25, -0.2) is 4.98 Å². The number of thiophene rings is 1. The Labute approximate surface area is 131 Å². The lowest BCUT2D eigenvalue weighted by Gasteiger charge is -2.02. The van der Waals surface area contributed by atoms with Crippen molar-refractivity contribution in [1.82, 2.24) is 4.98 Å². The smallest absolute Gasteiger partial charge is 0.306 e. The molecule has 0 atom stereocenters. The summed E-state index contributed by atoms with van der Waals surface area (Å²) in [5.74, 6) is 1.72. The summed E-state index contributed by atoms with van der Waals surface area (Å²) < 4.78 is 16.0. The highest BCUT2D eigenvalue weighted by Crippen LogP contribution is 2.26. The van der Waals surface area contributed by atoms with Gasteiger partial charge >= 0.3 is 5.97 Å². The molecule has 6 heteroatoms. The molecule has 0 aromatic carbocycles. The molecule has 0 saturated heterocycles. The van der Waals surface area contributed by atoms with Gasteiger partial charge < -0.3 is 13.6 Å². The van der Waals surface area contributed by atoms with Crippen molar-refractivity contribution in [3.8, 4) is 10.8 Å². The average Bonchev–Trinajstić information content (AvgIpc) is 3.24. The Bertz CT molecular complexity index is 728. The predicted octanol–water partition coefficient (Wildman–Crippen LogP) is 3.98. The Hall–Kier alpha value is -2.34. The summed E-state index contributed by atoms with van der Waals surface area (Å²) in [6, 6.07) is 7.51. The maximum Gasteiger partial charge on any atom is 0.306 e. The summed E-state index contributed by atoms with van der Waals surface area (Å²) in [6.07, 6.45) is 2.40. The minimum absolute atomic E-state index is 0.123. The lowest BCUT2D eigenvalue weighted by molar-refractivity contribution is -0.145. The summed E-state index contributed by atoms with van der Waals surface area (Å²) in [5, 5.41) is 1.96. The van der Waals surface area contributed by atoms with Gasteiger partial charge in [0.15, 0.2) is 0 Å². The van der Waals surface area contributed by atoms with E-state index in [9.17, 15) is 4.79 Å². The van der Waals surface area contributed by atoms with E-state index in [0.29, 0.717) is 23.8 Å².